The Morgan fingerprint density at radius 2 is 1.40 bits per heavy atom. The molecular formula is C39H44ClN3O5. The van der Waals surface area contributed by atoms with Crippen LogP contribution in [0.3, 0.4) is 0 Å². The van der Waals surface area contributed by atoms with E-state index in [1.807, 2.05) is 103 Å². The SMILES string of the molecule is C[C@@H]1[C@H](CN2CCC(O)(c3ccc(Cl)cc3)CC2)O[C@H](c2ccc(CNC(=O)NCc3ccccc3)cc2)O[C@@H]1c1ccc(CO)cc1. The average molecular weight is 670 g/mol. The molecule has 252 valence electrons. The van der Waals surface area contributed by atoms with Gasteiger partial charge >= 0.3 is 6.03 Å². The van der Waals surface area contributed by atoms with Crippen molar-refractivity contribution in [3.63, 3.8) is 0 Å². The zero-order valence-corrected chi connectivity index (χ0v) is 28.0. The van der Waals surface area contributed by atoms with Crippen LogP contribution in [0.4, 0.5) is 4.79 Å². The zero-order chi connectivity index (χ0) is 33.5. The molecule has 6 rings (SSSR count). The van der Waals surface area contributed by atoms with Gasteiger partial charge in [0.2, 0.25) is 0 Å². The largest absolute Gasteiger partial charge is 0.392 e. The fourth-order valence-electron chi connectivity index (χ4n) is 6.55. The number of carbonyl (C=O) groups is 1. The fourth-order valence-corrected chi connectivity index (χ4v) is 6.68. The first-order valence-electron chi connectivity index (χ1n) is 16.7. The lowest BCUT2D eigenvalue weighted by Gasteiger charge is -2.45. The van der Waals surface area contributed by atoms with Gasteiger partial charge in [-0.05, 0) is 52.8 Å². The molecule has 0 saturated carbocycles. The van der Waals surface area contributed by atoms with Crippen LogP contribution < -0.4 is 10.6 Å². The highest BCUT2D eigenvalue weighted by Gasteiger charge is 2.41. The number of hydrogen-bond donors (Lipinski definition) is 4. The number of ether oxygens (including phenoxy) is 2. The summed E-state index contributed by atoms with van der Waals surface area (Å²) >= 11 is 6.09. The second-order valence-corrected chi connectivity index (χ2v) is 13.4. The molecule has 9 heteroatoms. The molecule has 4 N–H and O–H groups in total. The topological polar surface area (TPSA) is 103 Å². The van der Waals surface area contributed by atoms with Gasteiger partial charge in [-0.2, -0.15) is 0 Å². The predicted octanol–water partition coefficient (Wildman–Crippen LogP) is 6.61. The Kier molecular flexibility index (Phi) is 11.1. The van der Waals surface area contributed by atoms with Gasteiger partial charge in [-0.3, -0.25) is 0 Å². The van der Waals surface area contributed by atoms with Crippen LogP contribution >= 0.6 is 11.6 Å². The molecule has 0 bridgehead atoms. The van der Waals surface area contributed by atoms with Crippen molar-refractivity contribution in [1.82, 2.24) is 15.5 Å². The quantitative estimate of drug-likeness (QED) is 0.152. The maximum absolute atomic E-state index is 12.4. The lowest BCUT2D eigenvalue weighted by Crippen LogP contribution is -2.49. The van der Waals surface area contributed by atoms with Gasteiger partial charge in [0.05, 0.1) is 24.4 Å². The van der Waals surface area contributed by atoms with Crippen LogP contribution in [0.1, 0.15) is 65.5 Å². The molecule has 2 aliphatic rings. The van der Waals surface area contributed by atoms with Crippen LogP contribution in [0.2, 0.25) is 5.02 Å². The number of hydrogen-bond acceptors (Lipinski definition) is 6. The number of urea groups is 1. The third-order valence-electron chi connectivity index (χ3n) is 9.63. The van der Waals surface area contributed by atoms with Gasteiger partial charge in [-0.15, -0.1) is 0 Å². The van der Waals surface area contributed by atoms with Crippen LogP contribution in [0.5, 0.6) is 0 Å². The van der Waals surface area contributed by atoms with Gasteiger partial charge in [0.1, 0.15) is 0 Å². The number of rotatable bonds is 10. The van der Waals surface area contributed by atoms with E-state index in [4.69, 9.17) is 21.1 Å². The van der Waals surface area contributed by atoms with E-state index < -0.39 is 11.9 Å². The Morgan fingerprint density at radius 3 is 2.02 bits per heavy atom. The molecule has 4 atom stereocenters. The highest BCUT2D eigenvalue weighted by Crippen LogP contribution is 2.42. The van der Waals surface area contributed by atoms with Crippen LogP contribution in [-0.4, -0.2) is 46.9 Å². The minimum Gasteiger partial charge on any atom is -0.392 e. The maximum Gasteiger partial charge on any atom is 0.315 e. The number of aliphatic hydroxyl groups is 2. The summed E-state index contributed by atoms with van der Waals surface area (Å²) in [5, 5.41) is 27.5. The molecule has 0 radical (unpaired) electrons. The molecule has 0 unspecified atom stereocenters. The Hall–Kier alpha value is -3.76. The van der Waals surface area contributed by atoms with Crippen molar-refractivity contribution in [3.05, 3.63) is 142 Å². The van der Waals surface area contributed by atoms with Gasteiger partial charge in [-0.1, -0.05) is 110 Å². The number of aliphatic hydroxyl groups excluding tert-OH is 1. The summed E-state index contributed by atoms with van der Waals surface area (Å²) in [5.74, 6) is 0.0520. The van der Waals surface area contributed by atoms with Crippen LogP contribution in [-0.2, 0) is 34.8 Å². The Balaban J connectivity index is 1.11. The Morgan fingerprint density at radius 1 is 0.812 bits per heavy atom. The van der Waals surface area contributed by atoms with Crippen molar-refractivity contribution < 1.29 is 24.5 Å². The number of benzene rings is 4. The minimum atomic E-state index is -0.873. The van der Waals surface area contributed by atoms with Crippen molar-refractivity contribution in [1.29, 1.82) is 0 Å². The van der Waals surface area contributed by atoms with Gasteiger partial charge in [-0.25, -0.2) is 4.79 Å². The first-order chi connectivity index (χ1) is 23.3. The summed E-state index contributed by atoms with van der Waals surface area (Å²) in [5.41, 5.74) is 4.83. The van der Waals surface area contributed by atoms with E-state index in [0.717, 1.165) is 46.5 Å². The number of nitrogens with one attached hydrogen (secondary N) is 2. The maximum atomic E-state index is 12.4. The van der Waals surface area contributed by atoms with Crippen LogP contribution in [0.25, 0.3) is 0 Å². The van der Waals surface area contributed by atoms with E-state index in [9.17, 15) is 15.0 Å². The predicted molar refractivity (Wildman–Crippen MR) is 186 cm³/mol. The number of likely N-dealkylation sites (tertiary alicyclic amines) is 1. The summed E-state index contributed by atoms with van der Waals surface area (Å²) in [6.45, 7) is 5.21. The summed E-state index contributed by atoms with van der Waals surface area (Å²) < 4.78 is 13.3. The van der Waals surface area contributed by atoms with E-state index >= 15 is 0 Å². The average Bonchev–Trinajstić information content (AvgIpc) is 3.12. The highest BCUT2D eigenvalue weighted by atomic mass is 35.5. The third kappa shape index (κ3) is 8.44. The van der Waals surface area contributed by atoms with Gasteiger partial charge < -0.3 is 35.2 Å². The molecular weight excluding hydrogens is 626 g/mol. The summed E-state index contributed by atoms with van der Waals surface area (Å²) in [4.78, 5) is 14.7. The molecule has 4 aromatic carbocycles. The molecule has 2 amide bonds. The van der Waals surface area contributed by atoms with Crippen molar-refractivity contribution in [2.24, 2.45) is 5.92 Å². The fraction of sp³-hybridized carbons (Fsp3) is 0.359. The summed E-state index contributed by atoms with van der Waals surface area (Å²) in [6, 6.07) is 33.0. The molecule has 2 saturated heterocycles. The van der Waals surface area contributed by atoms with E-state index in [0.29, 0.717) is 37.5 Å². The number of piperidine rings is 1. The number of carbonyl (C=O) groups excluding carboxylic acids is 1. The van der Waals surface area contributed by atoms with Crippen molar-refractivity contribution in [2.45, 2.75) is 63.6 Å². The summed E-state index contributed by atoms with van der Waals surface area (Å²) in [7, 11) is 0. The lowest BCUT2D eigenvalue weighted by atomic mass is 9.84. The zero-order valence-electron chi connectivity index (χ0n) is 27.2. The number of halogens is 1. The van der Waals surface area contributed by atoms with Crippen LogP contribution in [0.15, 0.2) is 103 Å². The lowest BCUT2D eigenvalue weighted by molar-refractivity contribution is -0.277. The number of amides is 2. The van der Waals surface area contributed by atoms with Crippen molar-refractivity contribution in [3.8, 4) is 0 Å². The Labute approximate surface area is 287 Å². The van der Waals surface area contributed by atoms with Gasteiger partial charge in [0.25, 0.3) is 0 Å². The molecule has 2 heterocycles. The Bertz CT molecular complexity index is 1610. The van der Waals surface area contributed by atoms with Gasteiger partial charge in [0, 0.05) is 49.2 Å². The third-order valence-corrected chi connectivity index (χ3v) is 9.88. The standard InChI is InChI=1S/C39H44ClN3O5/c1-27-35(25-43-21-19-39(46,20-22-43)33-15-17-34(40)18-16-33)47-37(48-36(27)31-11-9-30(26-44)10-12-31)32-13-7-29(8-14-32)24-42-38(45)41-23-28-5-3-2-4-6-28/h2-18,27,35-37,44,46H,19-26H2,1H3,(H2,41,42,45)/t27-,35+,36+,37+/m1/s1. The monoisotopic (exact) mass is 669 g/mol. The van der Waals surface area contributed by atoms with E-state index in [2.05, 4.69) is 22.5 Å². The molecule has 8 nitrogen and oxygen atoms in total. The second kappa shape index (κ2) is 15.6. The van der Waals surface area contributed by atoms with Gasteiger partial charge in [0.15, 0.2) is 6.29 Å². The first-order valence-corrected chi connectivity index (χ1v) is 17.0. The van der Waals surface area contributed by atoms with E-state index in [1.54, 1.807) is 0 Å². The molecule has 0 aromatic heterocycles. The van der Waals surface area contributed by atoms with E-state index in [-0.39, 0.29) is 30.8 Å². The van der Waals surface area contributed by atoms with E-state index in [1.165, 1.54) is 0 Å². The van der Waals surface area contributed by atoms with Crippen molar-refractivity contribution >= 4 is 17.6 Å². The molecule has 2 fully saturated rings. The smallest absolute Gasteiger partial charge is 0.315 e. The second-order valence-electron chi connectivity index (χ2n) is 12.9. The normalized spacial score (nSPS) is 22.6. The first kappa shape index (κ1) is 34.1. The van der Waals surface area contributed by atoms with Crippen molar-refractivity contribution in [2.75, 3.05) is 19.6 Å². The highest BCUT2D eigenvalue weighted by molar-refractivity contribution is 6.30. The molecule has 2 aliphatic heterocycles. The molecule has 4 aromatic rings. The summed E-state index contributed by atoms with van der Waals surface area (Å²) in [6.07, 6.45) is 0.332. The molecule has 0 aliphatic carbocycles. The molecule has 0 spiro atoms. The molecule has 48 heavy (non-hydrogen) atoms. The number of nitrogens with zero attached hydrogens (tertiary/aromatic N) is 1. The van der Waals surface area contributed by atoms with Crippen LogP contribution in [0, 0.1) is 5.92 Å². The minimum absolute atomic E-state index is 0.0110.